The molecule has 2 aromatic carbocycles. The van der Waals surface area contributed by atoms with Gasteiger partial charge in [-0.15, -0.1) is 0 Å². The minimum Gasteiger partial charge on any atom is -0.505 e. The maximum Gasteiger partial charge on any atom is 0.284 e. The number of amides is 1. The number of halogens is 2. The van der Waals surface area contributed by atoms with Crippen molar-refractivity contribution in [3.8, 4) is 22.7 Å². The second kappa shape index (κ2) is 8.87. The Kier molecular flexibility index (Phi) is 5.97. The summed E-state index contributed by atoms with van der Waals surface area (Å²) in [6.45, 7) is 1.64. The number of rotatable bonds is 5. The van der Waals surface area contributed by atoms with Crippen molar-refractivity contribution in [2.45, 2.75) is 13.0 Å². The molecular formula is C23H19ClFN5O3. The van der Waals surface area contributed by atoms with Gasteiger partial charge < -0.3 is 10.4 Å². The van der Waals surface area contributed by atoms with E-state index in [-0.39, 0.29) is 5.56 Å². The smallest absolute Gasteiger partial charge is 0.284 e. The van der Waals surface area contributed by atoms with Crippen LogP contribution < -0.4 is 10.9 Å². The minimum absolute atomic E-state index is 0.148. The topological polar surface area (TPSA) is 102 Å². The van der Waals surface area contributed by atoms with Crippen LogP contribution in [-0.2, 0) is 7.05 Å². The molecule has 8 nitrogen and oxygen atoms in total. The summed E-state index contributed by atoms with van der Waals surface area (Å²) < 4.78 is 16.4. The fourth-order valence-electron chi connectivity index (χ4n) is 3.26. The first-order chi connectivity index (χ1) is 15.7. The number of aromatic nitrogens is 4. The summed E-state index contributed by atoms with van der Waals surface area (Å²) in [6, 6.07) is 11.4. The van der Waals surface area contributed by atoms with Crippen molar-refractivity contribution in [1.82, 2.24) is 24.9 Å². The molecule has 4 rings (SSSR count). The third kappa shape index (κ3) is 4.63. The van der Waals surface area contributed by atoms with Crippen LogP contribution in [0.3, 0.4) is 0 Å². The molecule has 2 aromatic heterocycles. The zero-order chi connectivity index (χ0) is 23.7. The van der Waals surface area contributed by atoms with Gasteiger partial charge in [-0.2, -0.15) is 14.9 Å². The lowest BCUT2D eigenvalue weighted by Crippen LogP contribution is -2.35. The van der Waals surface area contributed by atoms with Gasteiger partial charge in [0, 0.05) is 17.6 Å². The number of aromatic hydroxyl groups is 1. The van der Waals surface area contributed by atoms with Gasteiger partial charge in [0.15, 0.2) is 11.6 Å². The molecule has 4 aromatic rings. The molecule has 1 unspecified atom stereocenters. The molecule has 168 valence electrons. The molecule has 0 fully saturated rings. The predicted molar refractivity (Wildman–Crippen MR) is 121 cm³/mol. The maximum atomic E-state index is 13.7. The van der Waals surface area contributed by atoms with E-state index in [0.717, 1.165) is 10.7 Å². The van der Waals surface area contributed by atoms with E-state index in [0.29, 0.717) is 27.5 Å². The number of carbonyl (C=O) groups excluding carboxylic acids is 1. The second-order valence-electron chi connectivity index (χ2n) is 7.45. The van der Waals surface area contributed by atoms with Gasteiger partial charge in [-0.3, -0.25) is 14.3 Å². The van der Waals surface area contributed by atoms with Crippen molar-refractivity contribution < 1.29 is 14.3 Å². The van der Waals surface area contributed by atoms with Gasteiger partial charge >= 0.3 is 0 Å². The molecule has 10 heteroatoms. The van der Waals surface area contributed by atoms with E-state index < -0.39 is 29.1 Å². The zero-order valence-corrected chi connectivity index (χ0v) is 18.4. The summed E-state index contributed by atoms with van der Waals surface area (Å²) in [7, 11) is 1.70. The Bertz CT molecular complexity index is 1400. The molecule has 1 amide bonds. The molecule has 2 N–H and O–H groups in total. The van der Waals surface area contributed by atoms with Gasteiger partial charge in [0.1, 0.15) is 11.3 Å². The van der Waals surface area contributed by atoms with E-state index in [1.165, 1.54) is 29.1 Å². The monoisotopic (exact) mass is 467 g/mol. The molecule has 1 atom stereocenters. The lowest BCUT2D eigenvalue weighted by Gasteiger charge is -2.15. The highest BCUT2D eigenvalue weighted by Crippen LogP contribution is 2.22. The van der Waals surface area contributed by atoms with E-state index in [2.05, 4.69) is 15.5 Å². The molecule has 0 saturated heterocycles. The van der Waals surface area contributed by atoms with Crippen LogP contribution in [0.1, 0.15) is 28.9 Å². The number of carbonyl (C=O) groups is 1. The van der Waals surface area contributed by atoms with Crippen LogP contribution in [0.2, 0.25) is 5.02 Å². The van der Waals surface area contributed by atoms with Gasteiger partial charge in [0.2, 0.25) is 0 Å². The Labute approximate surface area is 192 Å². The normalized spacial score (nSPS) is 11.9. The van der Waals surface area contributed by atoms with Crippen LogP contribution in [0.25, 0.3) is 16.9 Å². The summed E-state index contributed by atoms with van der Waals surface area (Å²) in [4.78, 5) is 26.3. The zero-order valence-electron chi connectivity index (χ0n) is 17.7. The van der Waals surface area contributed by atoms with Gasteiger partial charge in [-0.1, -0.05) is 29.8 Å². The van der Waals surface area contributed by atoms with E-state index in [1.54, 1.807) is 44.4 Å². The van der Waals surface area contributed by atoms with Crippen LogP contribution in [0, 0.1) is 5.82 Å². The molecule has 0 bridgehead atoms. The second-order valence-corrected chi connectivity index (χ2v) is 7.88. The fraction of sp³-hybridized carbons (Fsp3) is 0.130. The van der Waals surface area contributed by atoms with E-state index in [4.69, 9.17) is 11.6 Å². The number of nitrogens with one attached hydrogen (secondary N) is 1. The molecule has 0 saturated carbocycles. The molecule has 33 heavy (non-hydrogen) atoms. The van der Waals surface area contributed by atoms with Crippen molar-refractivity contribution in [2.75, 3.05) is 0 Å². The number of phenolic OH excluding ortho intramolecular Hbond substituents is 1. The van der Waals surface area contributed by atoms with Gasteiger partial charge in [-0.25, -0.2) is 4.39 Å². The number of aryl methyl sites for hydroxylation is 1. The first-order valence-electron chi connectivity index (χ1n) is 9.91. The number of hydrogen-bond donors (Lipinski definition) is 2. The Balaban J connectivity index is 1.76. The van der Waals surface area contributed by atoms with Gasteiger partial charge in [0.25, 0.3) is 11.5 Å². The molecule has 0 spiro atoms. The standard InChI is InChI=1S/C23H19ClFN5O3/c1-13(15-5-8-21(31)19(25)9-15)27-22(32)18-10-20(14-3-6-16(24)7-4-14)28-30(23(18)33)17-11-26-29(2)12-17/h3-13,31H,1-2H3,(H,27,32). The van der Waals surface area contributed by atoms with Crippen LogP contribution >= 0.6 is 11.6 Å². The molecule has 0 aliphatic carbocycles. The minimum atomic E-state index is -0.804. The average Bonchev–Trinajstić information content (AvgIpc) is 3.22. The van der Waals surface area contributed by atoms with Crippen molar-refractivity contribution in [2.24, 2.45) is 7.05 Å². The summed E-state index contributed by atoms with van der Waals surface area (Å²) in [5, 5.41) is 21.1. The molecule has 0 radical (unpaired) electrons. The highest BCUT2D eigenvalue weighted by atomic mass is 35.5. The SMILES string of the molecule is CC(NC(=O)c1cc(-c2ccc(Cl)cc2)nn(-c2cnn(C)c2)c1=O)c1ccc(O)c(F)c1. The number of benzene rings is 2. The summed E-state index contributed by atoms with van der Waals surface area (Å²) in [6.07, 6.45) is 3.06. The fourth-order valence-corrected chi connectivity index (χ4v) is 3.39. The van der Waals surface area contributed by atoms with Crippen LogP contribution in [0.15, 0.2) is 65.7 Å². The van der Waals surface area contributed by atoms with E-state index in [1.807, 2.05) is 0 Å². The Morgan fingerprint density at radius 2 is 1.91 bits per heavy atom. The Morgan fingerprint density at radius 1 is 1.18 bits per heavy atom. The molecule has 0 aliphatic rings. The van der Waals surface area contributed by atoms with Crippen molar-refractivity contribution in [1.29, 1.82) is 0 Å². The molecule has 2 heterocycles. The molecular weight excluding hydrogens is 449 g/mol. The lowest BCUT2D eigenvalue weighted by atomic mass is 10.1. The highest BCUT2D eigenvalue weighted by molar-refractivity contribution is 6.30. The summed E-state index contributed by atoms with van der Waals surface area (Å²) in [5.74, 6) is -1.95. The third-order valence-corrected chi connectivity index (χ3v) is 5.30. The van der Waals surface area contributed by atoms with E-state index in [9.17, 15) is 19.1 Å². The Morgan fingerprint density at radius 3 is 2.55 bits per heavy atom. The van der Waals surface area contributed by atoms with Crippen LogP contribution in [0.4, 0.5) is 4.39 Å². The van der Waals surface area contributed by atoms with E-state index >= 15 is 0 Å². The molecule has 0 aliphatic heterocycles. The Hall–Kier alpha value is -3.98. The predicted octanol–water partition coefficient (Wildman–Crippen LogP) is 3.62. The van der Waals surface area contributed by atoms with Gasteiger partial charge in [-0.05, 0) is 42.8 Å². The number of nitrogens with zero attached hydrogens (tertiary/aromatic N) is 4. The first kappa shape index (κ1) is 22.2. The van der Waals surface area contributed by atoms with Crippen molar-refractivity contribution >= 4 is 17.5 Å². The van der Waals surface area contributed by atoms with Crippen molar-refractivity contribution in [3.05, 3.63) is 93.2 Å². The maximum absolute atomic E-state index is 13.7. The van der Waals surface area contributed by atoms with Crippen molar-refractivity contribution in [3.63, 3.8) is 0 Å². The van der Waals surface area contributed by atoms with Crippen LogP contribution in [0.5, 0.6) is 5.75 Å². The van der Waals surface area contributed by atoms with Crippen LogP contribution in [-0.4, -0.2) is 30.6 Å². The van der Waals surface area contributed by atoms with Gasteiger partial charge in [0.05, 0.1) is 24.1 Å². The largest absolute Gasteiger partial charge is 0.505 e. The summed E-state index contributed by atoms with van der Waals surface area (Å²) >= 11 is 5.98. The lowest BCUT2D eigenvalue weighted by molar-refractivity contribution is 0.0937. The highest BCUT2D eigenvalue weighted by Gasteiger charge is 2.20. The first-order valence-corrected chi connectivity index (χ1v) is 10.3. The third-order valence-electron chi connectivity index (χ3n) is 5.05. The average molecular weight is 468 g/mol. The number of hydrogen-bond acceptors (Lipinski definition) is 5. The quantitative estimate of drug-likeness (QED) is 0.466. The summed E-state index contributed by atoms with van der Waals surface area (Å²) in [5.41, 5.74) is 1.06. The number of phenols is 1.